The van der Waals surface area contributed by atoms with Crippen molar-refractivity contribution in [3.63, 3.8) is 0 Å². The number of halogens is 2. The maximum Gasteiger partial charge on any atom is 0.240 e. The number of hydrogen-bond acceptors (Lipinski definition) is 3. The first-order chi connectivity index (χ1) is 8.99. The quantitative estimate of drug-likeness (QED) is 0.885. The Hall–Kier alpha value is -0.890. The van der Waals surface area contributed by atoms with E-state index in [1.807, 2.05) is 0 Å². The molecule has 8 heteroatoms. The topological polar surface area (TPSA) is 64.0 Å². The average Bonchev–Trinajstić information content (AvgIpc) is 2.85. The third-order valence-electron chi connectivity index (χ3n) is 2.42. The molecule has 0 saturated carbocycles. The van der Waals surface area contributed by atoms with Crippen LogP contribution in [-0.4, -0.2) is 24.5 Å². The summed E-state index contributed by atoms with van der Waals surface area (Å²) < 4.78 is 28.9. The van der Waals surface area contributed by atoms with Crippen molar-refractivity contribution in [3.05, 3.63) is 46.4 Å². The van der Waals surface area contributed by atoms with Crippen LogP contribution in [0, 0.1) is 0 Å². The van der Waals surface area contributed by atoms with Crippen LogP contribution in [0.15, 0.2) is 46.3 Å². The molecule has 0 atom stereocenters. The van der Waals surface area contributed by atoms with Crippen molar-refractivity contribution in [2.24, 2.45) is 0 Å². The Morgan fingerprint density at radius 3 is 2.84 bits per heavy atom. The molecular weight excluding hydrogens is 354 g/mol. The summed E-state index contributed by atoms with van der Waals surface area (Å²) in [6.45, 7) is 0.812. The van der Waals surface area contributed by atoms with Crippen LogP contribution in [0.1, 0.15) is 0 Å². The molecule has 2 rings (SSSR count). The van der Waals surface area contributed by atoms with Crippen molar-refractivity contribution in [3.8, 4) is 0 Å². The molecule has 0 amide bonds. The summed E-state index contributed by atoms with van der Waals surface area (Å²) in [5.41, 5.74) is 0. The fraction of sp³-hybridized carbons (Fsp3) is 0.182. The van der Waals surface area contributed by atoms with Gasteiger partial charge in [-0.05, 0) is 34.1 Å². The van der Waals surface area contributed by atoms with Crippen LogP contribution in [0.5, 0.6) is 0 Å². The number of nitrogens with one attached hydrogen (secondary N) is 1. The molecule has 102 valence electrons. The molecule has 0 bridgehead atoms. The minimum Gasteiger partial charge on any atom is -0.336 e. The smallest absolute Gasteiger partial charge is 0.240 e. The van der Waals surface area contributed by atoms with E-state index in [0.717, 1.165) is 0 Å². The summed E-state index contributed by atoms with van der Waals surface area (Å²) in [7, 11) is -3.53. The molecule has 0 saturated heterocycles. The van der Waals surface area contributed by atoms with Gasteiger partial charge in [-0.25, -0.2) is 18.1 Å². The highest BCUT2D eigenvalue weighted by atomic mass is 79.9. The van der Waals surface area contributed by atoms with Gasteiger partial charge in [-0.15, -0.1) is 0 Å². The molecular formula is C11H11BrClN3O2S. The Morgan fingerprint density at radius 1 is 1.42 bits per heavy atom. The van der Waals surface area contributed by atoms with E-state index in [0.29, 0.717) is 22.6 Å². The monoisotopic (exact) mass is 363 g/mol. The van der Waals surface area contributed by atoms with E-state index in [9.17, 15) is 8.42 Å². The van der Waals surface area contributed by atoms with E-state index in [-0.39, 0.29) is 4.90 Å². The molecule has 0 aliphatic rings. The number of hydrogen-bond donors (Lipinski definition) is 1. The standard InChI is InChI=1S/C11H11BrClN3O2S/c12-10-7-9(1-2-11(10)13)19(17,18)15-4-6-16-5-3-14-8-16/h1-3,5,7-8,15H,4,6H2. The normalized spacial score (nSPS) is 11.7. The molecule has 1 heterocycles. The highest BCUT2D eigenvalue weighted by Gasteiger charge is 2.14. The number of imidazole rings is 1. The second-order valence-electron chi connectivity index (χ2n) is 3.77. The van der Waals surface area contributed by atoms with Crippen LogP contribution < -0.4 is 4.72 Å². The van der Waals surface area contributed by atoms with Crippen LogP contribution in [0.4, 0.5) is 0 Å². The molecule has 5 nitrogen and oxygen atoms in total. The van der Waals surface area contributed by atoms with Gasteiger partial charge in [-0.2, -0.15) is 0 Å². The first-order valence-corrected chi connectivity index (χ1v) is 8.05. The zero-order valence-electron chi connectivity index (χ0n) is 9.75. The maximum absolute atomic E-state index is 12.0. The molecule has 0 spiro atoms. The van der Waals surface area contributed by atoms with Crippen molar-refractivity contribution in [1.29, 1.82) is 0 Å². The summed E-state index contributed by atoms with van der Waals surface area (Å²) in [5, 5.41) is 0.470. The van der Waals surface area contributed by atoms with Gasteiger partial charge in [0.15, 0.2) is 0 Å². The predicted molar refractivity (Wildman–Crippen MR) is 76.6 cm³/mol. The molecule has 2 aromatic rings. The van der Waals surface area contributed by atoms with E-state index >= 15 is 0 Å². The van der Waals surface area contributed by atoms with Crippen LogP contribution >= 0.6 is 27.5 Å². The van der Waals surface area contributed by atoms with Gasteiger partial charge < -0.3 is 4.57 Å². The molecule has 0 aliphatic heterocycles. The van der Waals surface area contributed by atoms with Gasteiger partial charge in [-0.1, -0.05) is 11.6 Å². The van der Waals surface area contributed by atoms with Gasteiger partial charge >= 0.3 is 0 Å². The van der Waals surface area contributed by atoms with Gasteiger partial charge in [0, 0.05) is 30.0 Å². The van der Waals surface area contributed by atoms with Gasteiger partial charge in [0.2, 0.25) is 10.0 Å². The van der Waals surface area contributed by atoms with Gasteiger partial charge in [0.05, 0.1) is 16.2 Å². The average molecular weight is 365 g/mol. The zero-order chi connectivity index (χ0) is 13.9. The fourth-order valence-electron chi connectivity index (χ4n) is 1.46. The van der Waals surface area contributed by atoms with Crippen LogP contribution in [0.25, 0.3) is 0 Å². The highest BCUT2D eigenvalue weighted by Crippen LogP contribution is 2.25. The third-order valence-corrected chi connectivity index (χ3v) is 5.10. The summed E-state index contributed by atoms with van der Waals surface area (Å²) in [6, 6.07) is 4.48. The van der Waals surface area contributed by atoms with E-state index < -0.39 is 10.0 Å². The van der Waals surface area contributed by atoms with E-state index in [1.165, 1.54) is 18.2 Å². The highest BCUT2D eigenvalue weighted by molar-refractivity contribution is 9.10. The first-order valence-electron chi connectivity index (χ1n) is 5.39. The minimum absolute atomic E-state index is 0.175. The largest absolute Gasteiger partial charge is 0.336 e. The van der Waals surface area contributed by atoms with Gasteiger partial charge in [0.1, 0.15) is 0 Å². The summed E-state index contributed by atoms with van der Waals surface area (Å²) in [4.78, 5) is 4.06. The number of aromatic nitrogens is 2. The zero-order valence-corrected chi connectivity index (χ0v) is 12.9. The SMILES string of the molecule is O=S(=O)(NCCn1ccnc1)c1ccc(Cl)c(Br)c1. The minimum atomic E-state index is -3.53. The summed E-state index contributed by atoms with van der Waals surface area (Å²) in [6.07, 6.45) is 5.05. The lowest BCUT2D eigenvalue weighted by molar-refractivity contribution is 0.572. The summed E-state index contributed by atoms with van der Waals surface area (Å²) in [5.74, 6) is 0. The third kappa shape index (κ3) is 3.79. The first kappa shape index (κ1) is 14.5. The van der Waals surface area contributed by atoms with Crippen LogP contribution in [-0.2, 0) is 16.6 Å². The summed E-state index contributed by atoms with van der Waals surface area (Å²) >= 11 is 9.03. The van der Waals surface area contributed by atoms with Crippen LogP contribution in [0.2, 0.25) is 5.02 Å². The van der Waals surface area contributed by atoms with E-state index in [1.54, 1.807) is 23.3 Å². The van der Waals surface area contributed by atoms with E-state index in [4.69, 9.17) is 11.6 Å². The Labute approximate surface area is 124 Å². The Kier molecular flexibility index (Phi) is 4.62. The lowest BCUT2D eigenvalue weighted by Crippen LogP contribution is -2.27. The number of benzene rings is 1. The van der Waals surface area contributed by atoms with Crippen LogP contribution in [0.3, 0.4) is 0 Å². The Balaban J connectivity index is 2.03. The molecule has 1 N–H and O–H groups in total. The second-order valence-corrected chi connectivity index (χ2v) is 6.80. The van der Waals surface area contributed by atoms with Crippen molar-refractivity contribution in [1.82, 2.24) is 14.3 Å². The molecule has 1 aromatic carbocycles. The molecule has 0 aliphatic carbocycles. The van der Waals surface area contributed by atoms with Gasteiger partial charge in [-0.3, -0.25) is 0 Å². The Morgan fingerprint density at radius 2 is 2.21 bits per heavy atom. The van der Waals surface area contributed by atoms with Crippen molar-refractivity contribution < 1.29 is 8.42 Å². The second kappa shape index (κ2) is 6.04. The molecule has 0 unspecified atom stereocenters. The molecule has 1 aromatic heterocycles. The molecule has 0 fully saturated rings. The number of rotatable bonds is 5. The molecule has 0 radical (unpaired) electrons. The van der Waals surface area contributed by atoms with Crippen molar-refractivity contribution in [2.75, 3.05) is 6.54 Å². The lowest BCUT2D eigenvalue weighted by Gasteiger charge is -2.08. The van der Waals surface area contributed by atoms with Gasteiger partial charge in [0.25, 0.3) is 0 Å². The van der Waals surface area contributed by atoms with E-state index in [2.05, 4.69) is 25.6 Å². The maximum atomic E-state index is 12.0. The van der Waals surface area contributed by atoms with Crippen molar-refractivity contribution in [2.45, 2.75) is 11.4 Å². The predicted octanol–water partition coefficient (Wildman–Crippen LogP) is 2.28. The lowest BCUT2D eigenvalue weighted by atomic mass is 10.4. The number of sulfonamides is 1. The number of nitrogens with zero attached hydrogens (tertiary/aromatic N) is 2. The molecule has 19 heavy (non-hydrogen) atoms. The fourth-order valence-corrected chi connectivity index (χ4v) is 3.15. The Bertz CT molecular complexity index is 659. The van der Waals surface area contributed by atoms with Crippen molar-refractivity contribution >= 4 is 37.6 Å².